The number of hydrogen-bond donors (Lipinski definition) is 2. The molecule has 0 aromatic rings. The van der Waals surface area contributed by atoms with Crippen LogP contribution in [-0.2, 0) is 4.79 Å². The lowest BCUT2D eigenvalue weighted by Gasteiger charge is -2.18. The van der Waals surface area contributed by atoms with Gasteiger partial charge < -0.3 is 10.4 Å². The molecule has 3 unspecified atom stereocenters. The number of rotatable bonds is 5. The molecular weight excluding hydrogens is 249 g/mol. The molecule has 0 saturated heterocycles. The number of nitrogens with zero attached hydrogens (tertiary/aromatic N) is 1. The Kier molecular flexibility index (Phi) is 4.96. The number of nitrogens with one attached hydrogen (secondary N) is 1. The second kappa shape index (κ2) is 6.05. The Balaban J connectivity index is 2.38. The molecule has 0 aromatic carbocycles. The van der Waals surface area contributed by atoms with Gasteiger partial charge in [0.2, 0.25) is 0 Å². The third-order valence-corrected chi connectivity index (χ3v) is 3.28. The number of halogens is 3. The van der Waals surface area contributed by atoms with Crippen molar-refractivity contribution in [1.82, 2.24) is 5.32 Å². The number of alkyl halides is 3. The van der Waals surface area contributed by atoms with Crippen LogP contribution in [0.25, 0.3) is 0 Å². The van der Waals surface area contributed by atoms with E-state index in [0.29, 0.717) is 12.8 Å². The van der Waals surface area contributed by atoms with Crippen molar-refractivity contribution in [3.8, 4) is 6.07 Å². The monoisotopic (exact) mass is 264 g/mol. The van der Waals surface area contributed by atoms with Crippen LogP contribution in [0.1, 0.15) is 19.3 Å². The summed E-state index contributed by atoms with van der Waals surface area (Å²) < 4.78 is 36.8. The average molecular weight is 264 g/mol. The van der Waals surface area contributed by atoms with E-state index < -0.39 is 30.5 Å². The van der Waals surface area contributed by atoms with E-state index in [0.717, 1.165) is 6.42 Å². The first kappa shape index (κ1) is 14.8. The van der Waals surface area contributed by atoms with Gasteiger partial charge in [0.1, 0.15) is 0 Å². The van der Waals surface area contributed by atoms with Gasteiger partial charge >= 0.3 is 12.1 Å². The number of carboxylic acid groups (broad SMARTS) is 1. The summed E-state index contributed by atoms with van der Waals surface area (Å²) >= 11 is 0. The lowest BCUT2D eigenvalue weighted by molar-refractivity contribution is -0.158. The van der Waals surface area contributed by atoms with Gasteiger partial charge in [0, 0.05) is 6.54 Å². The van der Waals surface area contributed by atoms with Crippen molar-refractivity contribution < 1.29 is 23.1 Å². The van der Waals surface area contributed by atoms with E-state index in [1.54, 1.807) is 0 Å². The van der Waals surface area contributed by atoms with Crippen molar-refractivity contribution in [2.45, 2.75) is 25.4 Å². The molecule has 18 heavy (non-hydrogen) atoms. The first-order valence-corrected chi connectivity index (χ1v) is 5.76. The van der Waals surface area contributed by atoms with Crippen LogP contribution in [0.15, 0.2) is 0 Å². The fourth-order valence-corrected chi connectivity index (χ4v) is 2.25. The minimum atomic E-state index is -4.54. The molecule has 3 atom stereocenters. The minimum absolute atomic E-state index is 0.143. The topological polar surface area (TPSA) is 73.1 Å². The lowest BCUT2D eigenvalue weighted by atomic mass is 9.96. The third-order valence-electron chi connectivity index (χ3n) is 3.28. The molecule has 4 nitrogen and oxygen atoms in total. The first-order chi connectivity index (χ1) is 8.36. The summed E-state index contributed by atoms with van der Waals surface area (Å²) in [5.41, 5.74) is 0. The van der Waals surface area contributed by atoms with Crippen LogP contribution in [0.4, 0.5) is 13.2 Å². The maximum atomic E-state index is 12.3. The summed E-state index contributed by atoms with van der Waals surface area (Å²) in [5.74, 6) is -3.56. The molecule has 2 N–H and O–H groups in total. The zero-order chi connectivity index (χ0) is 13.8. The molecular formula is C11H15F3N2O2. The van der Waals surface area contributed by atoms with Crippen molar-refractivity contribution in [3.63, 3.8) is 0 Å². The number of hydrogen-bond acceptors (Lipinski definition) is 3. The smallest absolute Gasteiger partial charge is 0.405 e. The zero-order valence-corrected chi connectivity index (χ0v) is 9.70. The number of carbonyl (C=O) groups is 1. The van der Waals surface area contributed by atoms with Gasteiger partial charge in [-0.2, -0.15) is 18.4 Å². The van der Waals surface area contributed by atoms with Gasteiger partial charge in [-0.1, -0.05) is 6.42 Å². The van der Waals surface area contributed by atoms with Crippen LogP contribution in [-0.4, -0.2) is 30.3 Å². The Bertz CT molecular complexity index is 338. The molecule has 0 aliphatic heterocycles. The van der Waals surface area contributed by atoms with E-state index in [1.165, 1.54) is 6.07 Å². The second-order valence-electron chi connectivity index (χ2n) is 4.52. The molecule has 0 spiro atoms. The van der Waals surface area contributed by atoms with E-state index in [-0.39, 0.29) is 12.5 Å². The summed E-state index contributed by atoms with van der Waals surface area (Å²) in [6.45, 7) is -0.270. The normalized spacial score (nSPS) is 25.7. The van der Waals surface area contributed by atoms with Gasteiger partial charge in [-0.3, -0.25) is 4.79 Å². The largest absolute Gasteiger partial charge is 0.481 e. The fourth-order valence-electron chi connectivity index (χ4n) is 2.25. The standard InChI is InChI=1S/C11H15F3N2O2/c12-11(13,14)8(4-15)6-16-5-7-2-1-3-9(7)10(17)18/h7-9,16H,1-3,5-6H2,(H,17,18). The highest BCUT2D eigenvalue weighted by molar-refractivity contribution is 5.70. The van der Waals surface area contributed by atoms with Crippen molar-refractivity contribution in [1.29, 1.82) is 5.26 Å². The quantitative estimate of drug-likeness (QED) is 0.793. The number of carboxylic acids is 1. The van der Waals surface area contributed by atoms with Crippen LogP contribution in [0.2, 0.25) is 0 Å². The van der Waals surface area contributed by atoms with Crippen molar-refractivity contribution in [2.24, 2.45) is 17.8 Å². The molecule has 0 bridgehead atoms. The van der Waals surface area contributed by atoms with Crippen LogP contribution in [0.3, 0.4) is 0 Å². The molecule has 1 aliphatic rings. The summed E-state index contributed by atoms with van der Waals surface area (Å²) in [5, 5.41) is 19.9. The van der Waals surface area contributed by atoms with E-state index in [9.17, 15) is 18.0 Å². The molecule has 1 saturated carbocycles. The van der Waals surface area contributed by atoms with E-state index >= 15 is 0 Å². The number of aliphatic carboxylic acids is 1. The van der Waals surface area contributed by atoms with E-state index in [2.05, 4.69) is 5.32 Å². The SMILES string of the molecule is N#CC(CNCC1CCCC1C(=O)O)C(F)(F)F. The molecule has 0 heterocycles. The Morgan fingerprint density at radius 2 is 2.17 bits per heavy atom. The van der Waals surface area contributed by atoms with Gasteiger partial charge in [-0.15, -0.1) is 0 Å². The highest BCUT2D eigenvalue weighted by atomic mass is 19.4. The molecule has 0 aromatic heterocycles. The van der Waals surface area contributed by atoms with Gasteiger partial charge in [-0.25, -0.2) is 0 Å². The Hall–Kier alpha value is -1.29. The van der Waals surface area contributed by atoms with Crippen molar-refractivity contribution in [3.05, 3.63) is 0 Å². The third kappa shape index (κ3) is 3.88. The predicted molar refractivity (Wildman–Crippen MR) is 56.5 cm³/mol. The summed E-state index contributed by atoms with van der Waals surface area (Å²) in [7, 11) is 0. The molecule has 0 radical (unpaired) electrons. The summed E-state index contributed by atoms with van der Waals surface area (Å²) in [6, 6.07) is 1.20. The van der Waals surface area contributed by atoms with Crippen molar-refractivity contribution >= 4 is 5.97 Å². The maximum absolute atomic E-state index is 12.3. The van der Waals surface area contributed by atoms with Crippen LogP contribution in [0, 0.1) is 29.1 Å². The summed E-state index contributed by atoms with van der Waals surface area (Å²) in [6.07, 6.45) is -2.48. The highest BCUT2D eigenvalue weighted by Gasteiger charge is 2.40. The Morgan fingerprint density at radius 3 is 2.67 bits per heavy atom. The van der Waals surface area contributed by atoms with Crippen LogP contribution < -0.4 is 5.32 Å². The Labute approximate surface area is 103 Å². The van der Waals surface area contributed by atoms with Gasteiger partial charge in [0.25, 0.3) is 0 Å². The molecule has 1 aliphatic carbocycles. The highest BCUT2D eigenvalue weighted by Crippen LogP contribution is 2.31. The predicted octanol–water partition coefficient (Wildman–Crippen LogP) is 1.78. The minimum Gasteiger partial charge on any atom is -0.481 e. The first-order valence-electron chi connectivity index (χ1n) is 5.76. The summed E-state index contributed by atoms with van der Waals surface area (Å²) in [4.78, 5) is 10.9. The number of nitriles is 1. The lowest BCUT2D eigenvalue weighted by Crippen LogP contribution is -2.36. The molecule has 102 valence electrons. The van der Waals surface area contributed by atoms with E-state index in [1.807, 2.05) is 0 Å². The molecule has 1 fully saturated rings. The van der Waals surface area contributed by atoms with Crippen LogP contribution in [0.5, 0.6) is 0 Å². The maximum Gasteiger partial charge on any atom is 0.405 e. The Morgan fingerprint density at radius 1 is 1.50 bits per heavy atom. The van der Waals surface area contributed by atoms with Crippen LogP contribution >= 0.6 is 0 Å². The van der Waals surface area contributed by atoms with Crippen molar-refractivity contribution in [2.75, 3.05) is 13.1 Å². The molecule has 0 amide bonds. The van der Waals surface area contributed by atoms with Gasteiger partial charge in [0.15, 0.2) is 5.92 Å². The fraction of sp³-hybridized carbons (Fsp3) is 0.818. The second-order valence-corrected chi connectivity index (χ2v) is 4.52. The van der Waals surface area contributed by atoms with E-state index in [4.69, 9.17) is 10.4 Å². The van der Waals surface area contributed by atoms with Gasteiger partial charge in [0.05, 0.1) is 12.0 Å². The zero-order valence-electron chi connectivity index (χ0n) is 9.70. The molecule has 1 rings (SSSR count). The molecule has 7 heteroatoms. The average Bonchev–Trinajstić information content (AvgIpc) is 2.70. The van der Waals surface area contributed by atoms with Gasteiger partial charge in [-0.05, 0) is 25.3 Å².